The van der Waals surface area contributed by atoms with Crippen LogP contribution >= 0.6 is 0 Å². The van der Waals surface area contributed by atoms with Gasteiger partial charge in [0.25, 0.3) is 10.0 Å². The molecule has 3 rings (SSSR count). The molecule has 2 aromatic rings. The van der Waals surface area contributed by atoms with Crippen molar-refractivity contribution in [3.8, 4) is 0 Å². The number of furan rings is 1. The highest BCUT2D eigenvalue weighted by Crippen LogP contribution is 2.28. The van der Waals surface area contributed by atoms with Crippen molar-refractivity contribution in [2.45, 2.75) is 11.4 Å². The van der Waals surface area contributed by atoms with Crippen LogP contribution in [0.5, 0.6) is 0 Å². The molecule has 1 aromatic heterocycles. The first-order valence-corrected chi connectivity index (χ1v) is 7.99. The van der Waals surface area contributed by atoms with E-state index in [9.17, 15) is 8.42 Å². The van der Waals surface area contributed by atoms with Crippen LogP contribution in [-0.2, 0) is 16.6 Å². The number of sulfonamides is 1. The van der Waals surface area contributed by atoms with E-state index in [0.29, 0.717) is 25.3 Å². The van der Waals surface area contributed by atoms with Gasteiger partial charge in [-0.25, -0.2) is 0 Å². The molecular formula is C14H15N3O3S. The summed E-state index contributed by atoms with van der Waals surface area (Å²) in [6, 6.07) is 8.78. The van der Waals surface area contributed by atoms with Gasteiger partial charge in [-0.3, -0.25) is 0 Å². The summed E-state index contributed by atoms with van der Waals surface area (Å²) in [6.07, 6.45) is 4.70. The molecule has 0 saturated carbocycles. The van der Waals surface area contributed by atoms with E-state index >= 15 is 0 Å². The second-order valence-electron chi connectivity index (χ2n) is 4.67. The first-order chi connectivity index (χ1) is 10.2. The average molecular weight is 305 g/mol. The Morgan fingerprint density at radius 1 is 1.24 bits per heavy atom. The number of rotatable bonds is 5. The van der Waals surface area contributed by atoms with Gasteiger partial charge < -0.3 is 14.6 Å². The molecule has 21 heavy (non-hydrogen) atoms. The second-order valence-corrected chi connectivity index (χ2v) is 6.27. The molecule has 0 amide bonds. The topological polar surface area (TPSA) is 74.9 Å². The van der Waals surface area contributed by atoms with E-state index in [1.165, 1.54) is 6.34 Å². The van der Waals surface area contributed by atoms with Gasteiger partial charge in [-0.1, -0.05) is 12.1 Å². The molecule has 7 heteroatoms. The van der Waals surface area contributed by atoms with Gasteiger partial charge >= 0.3 is 0 Å². The van der Waals surface area contributed by atoms with E-state index in [1.807, 2.05) is 17.0 Å². The first kappa shape index (κ1) is 13.8. The summed E-state index contributed by atoms with van der Waals surface area (Å²) < 4.78 is 32.3. The third-order valence-electron chi connectivity index (χ3n) is 3.22. The molecule has 110 valence electrons. The maximum absolute atomic E-state index is 11.9. The Morgan fingerprint density at radius 2 is 2.10 bits per heavy atom. The van der Waals surface area contributed by atoms with E-state index in [2.05, 4.69) is 9.71 Å². The van der Waals surface area contributed by atoms with Crippen molar-refractivity contribution >= 4 is 22.0 Å². The summed E-state index contributed by atoms with van der Waals surface area (Å²) >= 11 is 0. The van der Waals surface area contributed by atoms with Crippen LogP contribution < -0.4 is 10.2 Å². The van der Waals surface area contributed by atoms with Crippen LogP contribution in [0.2, 0.25) is 0 Å². The van der Waals surface area contributed by atoms with Crippen molar-refractivity contribution in [3.63, 3.8) is 0 Å². The Hall–Kier alpha value is -2.12. The lowest BCUT2D eigenvalue weighted by Crippen LogP contribution is -2.33. The molecule has 0 saturated heterocycles. The number of nitrogens with one attached hydrogen (secondary N) is 1. The third-order valence-corrected chi connectivity index (χ3v) is 4.49. The normalized spacial score (nSPS) is 15.9. The zero-order chi connectivity index (χ0) is 14.7. The fourth-order valence-corrected chi connectivity index (χ4v) is 3.21. The van der Waals surface area contributed by atoms with Crippen LogP contribution in [0.1, 0.15) is 5.56 Å². The molecular weight excluding hydrogens is 290 g/mol. The highest BCUT2D eigenvalue weighted by Gasteiger charge is 2.24. The van der Waals surface area contributed by atoms with Crippen LogP contribution in [0.25, 0.3) is 0 Å². The van der Waals surface area contributed by atoms with Gasteiger partial charge in [0.15, 0.2) is 0 Å². The van der Waals surface area contributed by atoms with Gasteiger partial charge in [0.1, 0.15) is 11.2 Å². The Bertz CT molecular complexity index is 739. The highest BCUT2D eigenvalue weighted by atomic mass is 32.2. The molecule has 0 fully saturated rings. The number of hydrogen-bond acceptors (Lipinski definition) is 5. The smallest absolute Gasteiger partial charge is 0.285 e. The Kier molecular flexibility index (Phi) is 3.76. The SMILES string of the molecule is O=S1(=O)N=CN(CCNCc2ccoc2)c2ccccc21. The summed E-state index contributed by atoms with van der Waals surface area (Å²) in [5, 5.41) is 3.27. The fraction of sp³-hybridized carbons (Fsp3) is 0.214. The number of nitrogens with zero attached hydrogens (tertiary/aromatic N) is 2. The van der Waals surface area contributed by atoms with Gasteiger partial charge in [-0.2, -0.15) is 8.42 Å². The van der Waals surface area contributed by atoms with Crippen molar-refractivity contribution in [3.05, 3.63) is 48.4 Å². The quantitative estimate of drug-likeness (QED) is 0.849. The molecule has 0 atom stereocenters. The van der Waals surface area contributed by atoms with Crippen LogP contribution in [0.15, 0.2) is 56.6 Å². The zero-order valence-corrected chi connectivity index (χ0v) is 12.1. The number of anilines is 1. The first-order valence-electron chi connectivity index (χ1n) is 6.55. The molecule has 0 spiro atoms. The summed E-state index contributed by atoms with van der Waals surface area (Å²) in [4.78, 5) is 2.08. The second kappa shape index (κ2) is 5.71. The van der Waals surface area contributed by atoms with Gasteiger partial charge in [-0.15, -0.1) is 4.40 Å². The van der Waals surface area contributed by atoms with E-state index < -0.39 is 10.0 Å². The summed E-state index contributed by atoms with van der Waals surface area (Å²) in [5.74, 6) is 0. The molecule has 0 radical (unpaired) electrons. The van der Waals surface area contributed by atoms with Gasteiger partial charge in [0.2, 0.25) is 0 Å². The highest BCUT2D eigenvalue weighted by molar-refractivity contribution is 7.90. The molecule has 1 aliphatic heterocycles. The van der Waals surface area contributed by atoms with Crippen LogP contribution in [-0.4, -0.2) is 27.8 Å². The molecule has 1 aliphatic rings. The molecule has 2 heterocycles. The minimum absolute atomic E-state index is 0.252. The van der Waals surface area contributed by atoms with Crippen LogP contribution in [0, 0.1) is 0 Å². The number of benzene rings is 1. The minimum Gasteiger partial charge on any atom is -0.472 e. The molecule has 6 nitrogen and oxygen atoms in total. The van der Waals surface area contributed by atoms with Crippen LogP contribution in [0.4, 0.5) is 5.69 Å². The third kappa shape index (κ3) is 2.98. The van der Waals surface area contributed by atoms with Crippen molar-refractivity contribution in [2.24, 2.45) is 4.40 Å². The van der Waals surface area contributed by atoms with E-state index in [0.717, 1.165) is 5.56 Å². The van der Waals surface area contributed by atoms with Gasteiger partial charge in [0.05, 0.1) is 18.2 Å². The molecule has 1 N–H and O–H groups in total. The standard InChI is InChI=1S/C14H15N3O3S/c18-21(19)14-4-2-1-3-13(14)17(11-16-21)7-6-15-9-12-5-8-20-10-12/h1-5,8,10-11,15H,6-7,9H2. The maximum atomic E-state index is 11.9. The summed E-state index contributed by atoms with van der Waals surface area (Å²) in [7, 11) is -3.55. The minimum atomic E-state index is -3.55. The van der Waals surface area contributed by atoms with Gasteiger partial charge in [-0.05, 0) is 18.2 Å². The van der Waals surface area contributed by atoms with Crippen molar-refractivity contribution in [1.29, 1.82) is 0 Å². The predicted octanol–water partition coefficient (Wildman–Crippen LogP) is 1.61. The summed E-state index contributed by atoms with van der Waals surface area (Å²) in [6.45, 7) is 2.04. The average Bonchev–Trinajstić information content (AvgIpc) is 2.99. The van der Waals surface area contributed by atoms with Crippen molar-refractivity contribution in [2.75, 3.05) is 18.0 Å². The Balaban J connectivity index is 1.64. The largest absolute Gasteiger partial charge is 0.472 e. The Morgan fingerprint density at radius 3 is 2.90 bits per heavy atom. The molecule has 0 unspecified atom stereocenters. The predicted molar refractivity (Wildman–Crippen MR) is 79.9 cm³/mol. The molecule has 1 aromatic carbocycles. The number of fused-ring (bicyclic) bond motifs is 1. The zero-order valence-electron chi connectivity index (χ0n) is 11.3. The summed E-state index contributed by atoms with van der Waals surface area (Å²) in [5.41, 5.74) is 1.74. The Labute approximate surface area is 123 Å². The van der Waals surface area contributed by atoms with Gasteiger partial charge in [0, 0.05) is 25.2 Å². The molecule has 0 bridgehead atoms. The maximum Gasteiger partial charge on any atom is 0.285 e. The van der Waals surface area contributed by atoms with E-state index in [4.69, 9.17) is 4.42 Å². The molecule has 0 aliphatic carbocycles. The number of para-hydroxylation sites is 1. The van der Waals surface area contributed by atoms with E-state index in [-0.39, 0.29) is 4.90 Å². The fourth-order valence-electron chi connectivity index (χ4n) is 2.15. The lowest BCUT2D eigenvalue weighted by Gasteiger charge is -2.25. The van der Waals surface area contributed by atoms with Crippen molar-refractivity contribution < 1.29 is 12.8 Å². The van der Waals surface area contributed by atoms with Crippen molar-refractivity contribution in [1.82, 2.24) is 5.32 Å². The van der Waals surface area contributed by atoms with Crippen LogP contribution in [0.3, 0.4) is 0 Å². The lowest BCUT2D eigenvalue weighted by molar-refractivity contribution is 0.560. The van der Waals surface area contributed by atoms with E-state index in [1.54, 1.807) is 30.7 Å². The monoisotopic (exact) mass is 305 g/mol. The number of hydrogen-bond donors (Lipinski definition) is 1. The lowest BCUT2D eigenvalue weighted by atomic mass is 10.3.